The minimum absolute atomic E-state index is 0.0337. The molecule has 7 heteroatoms. The van der Waals surface area contributed by atoms with Gasteiger partial charge in [-0.25, -0.2) is 14.3 Å². The molecule has 1 unspecified atom stereocenters. The highest BCUT2D eigenvalue weighted by Gasteiger charge is 2.27. The third kappa shape index (κ3) is 4.52. The summed E-state index contributed by atoms with van der Waals surface area (Å²) in [6, 6.07) is 7.77. The molecule has 0 aromatic heterocycles. The van der Waals surface area contributed by atoms with E-state index in [2.05, 4.69) is 10.3 Å². The number of benzene rings is 1. The predicted octanol–water partition coefficient (Wildman–Crippen LogP) is -0.162. The fraction of sp³-hybridized carbons (Fsp3) is 0.500. The van der Waals surface area contributed by atoms with Crippen molar-refractivity contribution in [2.45, 2.75) is 25.9 Å². The molecule has 1 aliphatic rings. The number of carbonyl (C=O) groups excluding carboxylic acids is 1. The second-order valence-corrected chi connectivity index (χ2v) is 7.72. The van der Waals surface area contributed by atoms with Gasteiger partial charge in [0.15, 0.2) is 9.84 Å². The summed E-state index contributed by atoms with van der Waals surface area (Å²) in [5.74, 6) is 5.28. The van der Waals surface area contributed by atoms with Crippen LogP contribution in [-0.4, -0.2) is 43.3 Å². The quantitative estimate of drug-likeness (QED) is 0.458. The average Bonchev–Trinajstić information content (AvgIpc) is 2.43. The van der Waals surface area contributed by atoms with E-state index in [-0.39, 0.29) is 29.9 Å². The maximum atomic E-state index is 11.6. The number of rotatable bonds is 4. The molecule has 116 valence electrons. The van der Waals surface area contributed by atoms with Gasteiger partial charge in [-0.2, -0.15) is 0 Å². The van der Waals surface area contributed by atoms with Crippen molar-refractivity contribution in [3.8, 4) is 0 Å². The maximum Gasteiger partial charge on any atom is 0.238 e. The first-order valence-electron chi connectivity index (χ1n) is 6.91. The summed E-state index contributed by atoms with van der Waals surface area (Å²) >= 11 is 0. The molecule has 1 aromatic carbocycles. The molecule has 1 fully saturated rings. The van der Waals surface area contributed by atoms with Crippen LogP contribution in [0.2, 0.25) is 0 Å². The number of nitrogens with two attached hydrogens (primary N) is 1. The standard InChI is InChI=1S/C14H21N3O3S/c1-11-10-21(19,20)7-6-17(11)9-13-4-2-12(3-5-13)8-14(18)16-15/h2-5,11H,6-10,15H2,1H3,(H,16,18). The smallest absolute Gasteiger partial charge is 0.238 e. The van der Waals surface area contributed by atoms with Crippen LogP contribution in [-0.2, 0) is 27.6 Å². The number of nitrogens with one attached hydrogen (secondary N) is 1. The van der Waals surface area contributed by atoms with Gasteiger partial charge in [-0.1, -0.05) is 24.3 Å². The van der Waals surface area contributed by atoms with Crippen molar-refractivity contribution in [1.82, 2.24) is 10.3 Å². The molecular formula is C14H21N3O3S. The molecule has 3 N–H and O–H groups in total. The van der Waals surface area contributed by atoms with Crippen LogP contribution in [0.3, 0.4) is 0 Å². The number of hydrogen-bond acceptors (Lipinski definition) is 5. The van der Waals surface area contributed by atoms with Crippen LogP contribution in [0.25, 0.3) is 0 Å². The fourth-order valence-electron chi connectivity index (χ4n) is 2.50. The Hall–Kier alpha value is -1.44. The summed E-state index contributed by atoms with van der Waals surface area (Å²) < 4.78 is 23.1. The number of amides is 1. The Kier molecular flexibility index (Phi) is 4.97. The van der Waals surface area contributed by atoms with Crippen LogP contribution >= 0.6 is 0 Å². The Labute approximate surface area is 125 Å². The van der Waals surface area contributed by atoms with Gasteiger partial charge in [0.05, 0.1) is 17.9 Å². The lowest BCUT2D eigenvalue weighted by Gasteiger charge is -2.33. The third-order valence-corrected chi connectivity index (χ3v) is 5.54. The zero-order valence-electron chi connectivity index (χ0n) is 12.1. The number of hydrogen-bond donors (Lipinski definition) is 2. The largest absolute Gasteiger partial charge is 0.294 e. The second kappa shape index (κ2) is 6.55. The van der Waals surface area contributed by atoms with Gasteiger partial charge in [0.1, 0.15) is 0 Å². The van der Waals surface area contributed by atoms with Crippen molar-refractivity contribution in [2.24, 2.45) is 5.84 Å². The molecular weight excluding hydrogens is 290 g/mol. The second-order valence-electron chi connectivity index (χ2n) is 5.49. The lowest BCUT2D eigenvalue weighted by molar-refractivity contribution is -0.120. The first-order valence-corrected chi connectivity index (χ1v) is 8.73. The summed E-state index contributed by atoms with van der Waals surface area (Å²) in [5, 5.41) is 0. The monoisotopic (exact) mass is 311 g/mol. The molecule has 1 heterocycles. The summed E-state index contributed by atoms with van der Waals surface area (Å²) in [6.07, 6.45) is 0.259. The number of sulfone groups is 1. The zero-order chi connectivity index (χ0) is 15.5. The van der Waals surface area contributed by atoms with E-state index in [1.54, 1.807) is 0 Å². The van der Waals surface area contributed by atoms with E-state index in [1.165, 1.54) is 0 Å². The van der Waals surface area contributed by atoms with Crippen LogP contribution in [0.4, 0.5) is 0 Å². The molecule has 21 heavy (non-hydrogen) atoms. The van der Waals surface area contributed by atoms with Gasteiger partial charge in [0, 0.05) is 19.1 Å². The van der Waals surface area contributed by atoms with Crippen LogP contribution < -0.4 is 11.3 Å². The highest BCUT2D eigenvalue weighted by Crippen LogP contribution is 2.16. The van der Waals surface area contributed by atoms with Gasteiger partial charge in [0.25, 0.3) is 0 Å². The molecule has 1 aromatic rings. The normalized spacial score (nSPS) is 21.9. The molecule has 1 aliphatic heterocycles. The van der Waals surface area contributed by atoms with E-state index in [0.717, 1.165) is 17.7 Å². The molecule has 1 amide bonds. The SMILES string of the molecule is CC1CS(=O)(=O)CCN1Cc1ccc(CC(=O)NN)cc1. The molecule has 1 atom stereocenters. The van der Waals surface area contributed by atoms with E-state index in [4.69, 9.17) is 5.84 Å². The molecule has 0 aliphatic carbocycles. The lowest BCUT2D eigenvalue weighted by Crippen LogP contribution is -2.46. The number of hydrazine groups is 1. The lowest BCUT2D eigenvalue weighted by atomic mass is 10.1. The number of carbonyl (C=O) groups is 1. The Morgan fingerprint density at radius 1 is 1.33 bits per heavy atom. The highest BCUT2D eigenvalue weighted by atomic mass is 32.2. The first-order chi connectivity index (χ1) is 9.89. The third-order valence-electron chi connectivity index (χ3n) is 3.74. The maximum absolute atomic E-state index is 11.6. The molecule has 1 saturated heterocycles. The van der Waals surface area contributed by atoms with Crippen molar-refractivity contribution in [3.63, 3.8) is 0 Å². The van der Waals surface area contributed by atoms with Crippen LogP contribution in [0.15, 0.2) is 24.3 Å². The van der Waals surface area contributed by atoms with Gasteiger partial charge in [-0.15, -0.1) is 0 Å². The molecule has 2 rings (SSSR count). The summed E-state index contributed by atoms with van der Waals surface area (Å²) in [5.41, 5.74) is 4.11. The summed E-state index contributed by atoms with van der Waals surface area (Å²) in [7, 11) is -2.88. The van der Waals surface area contributed by atoms with Gasteiger partial charge < -0.3 is 0 Å². The van der Waals surface area contributed by atoms with Gasteiger partial charge >= 0.3 is 0 Å². The van der Waals surface area contributed by atoms with E-state index >= 15 is 0 Å². The molecule has 0 bridgehead atoms. The molecule has 0 radical (unpaired) electrons. The average molecular weight is 311 g/mol. The van der Waals surface area contributed by atoms with E-state index in [0.29, 0.717) is 6.54 Å². The Morgan fingerprint density at radius 2 is 1.95 bits per heavy atom. The van der Waals surface area contributed by atoms with Crippen molar-refractivity contribution in [3.05, 3.63) is 35.4 Å². The van der Waals surface area contributed by atoms with E-state index in [9.17, 15) is 13.2 Å². The minimum atomic E-state index is -2.88. The van der Waals surface area contributed by atoms with E-state index < -0.39 is 9.84 Å². The van der Waals surface area contributed by atoms with Gasteiger partial charge in [-0.05, 0) is 18.1 Å². The molecule has 6 nitrogen and oxygen atoms in total. The summed E-state index contributed by atoms with van der Waals surface area (Å²) in [4.78, 5) is 13.4. The predicted molar refractivity (Wildman–Crippen MR) is 81.0 cm³/mol. The summed E-state index contributed by atoms with van der Waals surface area (Å²) in [6.45, 7) is 3.23. The van der Waals surface area contributed by atoms with Crippen molar-refractivity contribution in [2.75, 3.05) is 18.1 Å². The van der Waals surface area contributed by atoms with Crippen LogP contribution in [0.1, 0.15) is 18.1 Å². The van der Waals surface area contributed by atoms with Crippen molar-refractivity contribution < 1.29 is 13.2 Å². The van der Waals surface area contributed by atoms with Crippen molar-refractivity contribution in [1.29, 1.82) is 0 Å². The van der Waals surface area contributed by atoms with E-state index in [1.807, 2.05) is 31.2 Å². The van der Waals surface area contributed by atoms with Crippen LogP contribution in [0.5, 0.6) is 0 Å². The van der Waals surface area contributed by atoms with Gasteiger partial charge in [-0.3, -0.25) is 15.1 Å². The molecule has 0 saturated carbocycles. The highest BCUT2D eigenvalue weighted by molar-refractivity contribution is 7.91. The zero-order valence-corrected chi connectivity index (χ0v) is 12.9. The topological polar surface area (TPSA) is 92.5 Å². The number of nitrogens with zero attached hydrogens (tertiary/aromatic N) is 1. The Morgan fingerprint density at radius 3 is 2.52 bits per heavy atom. The Balaban J connectivity index is 1.96. The molecule has 0 spiro atoms. The minimum Gasteiger partial charge on any atom is -0.294 e. The van der Waals surface area contributed by atoms with Crippen molar-refractivity contribution >= 4 is 15.7 Å². The Bertz CT molecular complexity index is 598. The van der Waals surface area contributed by atoms with Crippen LogP contribution in [0, 0.1) is 0 Å². The van der Waals surface area contributed by atoms with Gasteiger partial charge in [0.2, 0.25) is 5.91 Å². The fourth-order valence-corrected chi connectivity index (χ4v) is 4.13. The first kappa shape index (κ1) is 15.9.